The maximum atomic E-state index is 4.31. The minimum atomic E-state index is 0.699. The highest BCUT2D eigenvalue weighted by molar-refractivity contribution is 4.98. The van der Waals surface area contributed by atoms with E-state index in [0.29, 0.717) is 6.04 Å². The van der Waals surface area contributed by atoms with Gasteiger partial charge in [-0.1, -0.05) is 26.7 Å². The number of aryl methyl sites for hydroxylation is 1. The molecule has 1 fully saturated rings. The Morgan fingerprint density at radius 2 is 1.92 bits per heavy atom. The average molecular weight is 180 g/mol. The van der Waals surface area contributed by atoms with Gasteiger partial charge in [-0.2, -0.15) is 5.10 Å². The van der Waals surface area contributed by atoms with Crippen molar-refractivity contribution in [2.75, 3.05) is 0 Å². The van der Waals surface area contributed by atoms with Crippen LogP contribution in [0.1, 0.15) is 51.3 Å². The summed E-state index contributed by atoms with van der Waals surface area (Å²) < 4.78 is 2.17. The summed E-state index contributed by atoms with van der Waals surface area (Å²) in [4.78, 5) is 0. The minimum absolute atomic E-state index is 0.699. The van der Waals surface area contributed by atoms with Crippen LogP contribution in [0.3, 0.4) is 0 Å². The van der Waals surface area contributed by atoms with Crippen LogP contribution in [0.2, 0.25) is 0 Å². The zero-order valence-electron chi connectivity index (χ0n) is 8.95. The van der Waals surface area contributed by atoms with Crippen molar-refractivity contribution < 1.29 is 0 Å². The van der Waals surface area contributed by atoms with E-state index in [9.17, 15) is 0 Å². The lowest BCUT2D eigenvalue weighted by molar-refractivity contribution is 0.457. The van der Waals surface area contributed by atoms with Crippen molar-refractivity contribution in [3.8, 4) is 0 Å². The second-order valence-electron chi connectivity index (χ2n) is 3.36. The fourth-order valence-electron chi connectivity index (χ4n) is 1.91. The molecule has 0 aliphatic heterocycles. The highest BCUT2D eigenvalue weighted by atomic mass is 15.3. The van der Waals surface area contributed by atoms with Crippen LogP contribution in [0.5, 0.6) is 0 Å². The summed E-state index contributed by atoms with van der Waals surface area (Å²) in [7, 11) is 0. The molecule has 2 rings (SSSR count). The van der Waals surface area contributed by atoms with Gasteiger partial charge < -0.3 is 0 Å². The molecular weight excluding hydrogens is 160 g/mol. The van der Waals surface area contributed by atoms with E-state index >= 15 is 0 Å². The van der Waals surface area contributed by atoms with Gasteiger partial charge in [0.05, 0.1) is 6.04 Å². The van der Waals surface area contributed by atoms with Gasteiger partial charge in [-0.15, -0.1) is 0 Å². The molecule has 0 radical (unpaired) electrons. The van der Waals surface area contributed by atoms with Crippen LogP contribution < -0.4 is 0 Å². The molecule has 1 aliphatic rings. The lowest BCUT2D eigenvalue weighted by Crippen LogP contribution is -2.07. The Labute approximate surface area is 81.0 Å². The monoisotopic (exact) mass is 180 g/mol. The highest BCUT2D eigenvalue weighted by Gasteiger charge is 2.17. The van der Waals surface area contributed by atoms with Gasteiger partial charge in [-0.3, -0.25) is 4.68 Å². The summed E-state index contributed by atoms with van der Waals surface area (Å²) in [6, 6.07) is 2.78. The molecule has 0 bridgehead atoms. The van der Waals surface area contributed by atoms with Gasteiger partial charge in [0.15, 0.2) is 0 Å². The second kappa shape index (κ2) is 5.05. The third-order valence-electron chi connectivity index (χ3n) is 2.54. The summed E-state index contributed by atoms with van der Waals surface area (Å²) in [6.07, 6.45) is 7.30. The standard InChI is InChI=1S/C9H14N2.C2H6/c1-8-6-7-10-11(8)9-4-2-3-5-9;1-2/h6-7,9H,2-5H2,1H3;1-2H3. The van der Waals surface area contributed by atoms with Gasteiger partial charge in [-0.05, 0) is 25.8 Å². The SMILES string of the molecule is CC.Cc1ccnn1C1CCCC1. The third kappa shape index (κ3) is 2.33. The Hall–Kier alpha value is -0.790. The minimum Gasteiger partial charge on any atom is -0.267 e. The van der Waals surface area contributed by atoms with Crippen LogP contribution >= 0.6 is 0 Å². The fraction of sp³-hybridized carbons (Fsp3) is 0.727. The number of hydrogen-bond acceptors (Lipinski definition) is 1. The van der Waals surface area contributed by atoms with E-state index in [2.05, 4.69) is 22.8 Å². The van der Waals surface area contributed by atoms with Crippen LogP contribution in [0, 0.1) is 6.92 Å². The maximum absolute atomic E-state index is 4.31. The Morgan fingerprint density at radius 3 is 2.38 bits per heavy atom. The Morgan fingerprint density at radius 1 is 1.31 bits per heavy atom. The summed E-state index contributed by atoms with van der Waals surface area (Å²) in [5.74, 6) is 0. The van der Waals surface area contributed by atoms with Crippen LogP contribution in [-0.4, -0.2) is 9.78 Å². The molecule has 74 valence electrons. The quantitative estimate of drug-likeness (QED) is 0.648. The molecule has 13 heavy (non-hydrogen) atoms. The molecule has 0 aromatic carbocycles. The molecule has 0 unspecified atom stereocenters. The van der Waals surface area contributed by atoms with Gasteiger partial charge in [-0.25, -0.2) is 0 Å². The predicted molar refractivity (Wildman–Crippen MR) is 55.8 cm³/mol. The zero-order valence-corrected chi connectivity index (χ0v) is 8.95. The van der Waals surface area contributed by atoms with Gasteiger partial charge in [0.2, 0.25) is 0 Å². The van der Waals surface area contributed by atoms with Gasteiger partial charge in [0.25, 0.3) is 0 Å². The van der Waals surface area contributed by atoms with E-state index in [0.717, 1.165) is 0 Å². The van der Waals surface area contributed by atoms with Crippen molar-refractivity contribution >= 4 is 0 Å². The van der Waals surface area contributed by atoms with Crippen LogP contribution in [-0.2, 0) is 0 Å². The van der Waals surface area contributed by atoms with Crippen molar-refractivity contribution in [2.24, 2.45) is 0 Å². The maximum Gasteiger partial charge on any atom is 0.0522 e. The lowest BCUT2D eigenvalue weighted by Gasteiger charge is -2.11. The molecular formula is C11H20N2. The molecule has 0 atom stereocenters. The molecule has 0 saturated heterocycles. The smallest absolute Gasteiger partial charge is 0.0522 e. The van der Waals surface area contributed by atoms with Crippen LogP contribution in [0.25, 0.3) is 0 Å². The Bertz CT molecular complexity index is 234. The first-order valence-electron chi connectivity index (χ1n) is 5.38. The van der Waals surface area contributed by atoms with Crippen molar-refractivity contribution in [2.45, 2.75) is 52.5 Å². The molecule has 1 heterocycles. The Kier molecular flexibility index (Phi) is 4.00. The van der Waals surface area contributed by atoms with E-state index in [1.54, 1.807) is 0 Å². The van der Waals surface area contributed by atoms with E-state index in [1.807, 2.05) is 20.0 Å². The van der Waals surface area contributed by atoms with E-state index in [1.165, 1.54) is 31.4 Å². The first-order valence-corrected chi connectivity index (χ1v) is 5.38. The third-order valence-corrected chi connectivity index (χ3v) is 2.54. The predicted octanol–water partition coefficient (Wildman–Crippen LogP) is 3.33. The molecule has 2 heteroatoms. The molecule has 1 aromatic heterocycles. The second-order valence-corrected chi connectivity index (χ2v) is 3.36. The summed E-state index contributed by atoms with van der Waals surface area (Å²) in [5.41, 5.74) is 1.30. The highest BCUT2D eigenvalue weighted by Crippen LogP contribution is 2.29. The number of nitrogens with zero attached hydrogens (tertiary/aromatic N) is 2. The molecule has 1 aliphatic carbocycles. The normalized spacial score (nSPS) is 16.8. The average Bonchev–Trinajstić information content (AvgIpc) is 2.77. The van der Waals surface area contributed by atoms with Crippen molar-refractivity contribution in [3.63, 3.8) is 0 Å². The first kappa shape index (κ1) is 10.3. The summed E-state index contributed by atoms with van der Waals surface area (Å²) in [6.45, 7) is 6.13. The van der Waals surface area contributed by atoms with Crippen molar-refractivity contribution in [1.29, 1.82) is 0 Å². The molecule has 0 spiro atoms. The largest absolute Gasteiger partial charge is 0.267 e. The summed E-state index contributed by atoms with van der Waals surface area (Å²) >= 11 is 0. The number of aromatic nitrogens is 2. The van der Waals surface area contributed by atoms with Crippen molar-refractivity contribution in [3.05, 3.63) is 18.0 Å². The van der Waals surface area contributed by atoms with Crippen molar-refractivity contribution in [1.82, 2.24) is 9.78 Å². The molecule has 1 aromatic rings. The molecule has 2 nitrogen and oxygen atoms in total. The fourth-order valence-corrected chi connectivity index (χ4v) is 1.91. The Balaban J connectivity index is 0.000000396. The van der Waals surface area contributed by atoms with Gasteiger partial charge in [0.1, 0.15) is 0 Å². The molecule has 0 N–H and O–H groups in total. The van der Waals surface area contributed by atoms with Crippen LogP contribution in [0.4, 0.5) is 0 Å². The van der Waals surface area contributed by atoms with E-state index < -0.39 is 0 Å². The zero-order chi connectivity index (χ0) is 9.68. The van der Waals surface area contributed by atoms with E-state index in [-0.39, 0.29) is 0 Å². The topological polar surface area (TPSA) is 17.8 Å². The van der Waals surface area contributed by atoms with E-state index in [4.69, 9.17) is 0 Å². The number of hydrogen-bond donors (Lipinski definition) is 0. The van der Waals surface area contributed by atoms with Gasteiger partial charge in [0, 0.05) is 11.9 Å². The molecule has 0 amide bonds. The summed E-state index contributed by atoms with van der Waals surface area (Å²) in [5, 5.41) is 4.31. The lowest BCUT2D eigenvalue weighted by atomic mass is 10.2. The molecule has 1 saturated carbocycles. The first-order chi connectivity index (χ1) is 6.38. The van der Waals surface area contributed by atoms with Gasteiger partial charge >= 0.3 is 0 Å². The van der Waals surface area contributed by atoms with Crippen LogP contribution in [0.15, 0.2) is 12.3 Å². The number of rotatable bonds is 1.